The van der Waals surface area contributed by atoms with Crippen LogP contribution in [0.3, 0.4) is 0 Å². The zero-order valence-corrected chi connectivity index (χ0v) is 13.3. The lowest BCUT2D eigenvalue weighted by Crippen LogP contribution is -2.66. The molecule has 23 heavy (non-hydrogen) atoms. The summed E-state index contributed by atoms with van der Waals surface area (Å²) in [6, 6.07) is 10.5. The number of urea groups is 1. The van der Waals surface area contributed by atoms with Gasteiger partial charge in [-0.3, -0.25) is 14.6 Å². The van der Waals surface area contributed by atoms with E-state index < -0.39 is 0 Å². The Hall–Kier alpha value is -1.88. The van der Waals surface area contributed by atoms with Crippen LogP contribution < -0.4 is 5.32 Å². The van der Waals surface area contributed by atoms with Crippen LogP contribution in [0.25, 0.3) is 0 Å². The molecule has 3 fully saturated rings. The van der Waals surface area contributed by atoms with Gasteiger partial charge < -0.3 is 5.32 Å². The predicted octanol–water partition coefficient (Wildman–Crippen LogP) is 1.94. The molecule has 3 amide bonds. The van der Waals surface area contributed by atoms with Gasteiger partial charge in [-0.1, -0.05) is 43.2 Å². The SMILES string of the molecule is O=C1CNC(=O)N1CCN1C[C@H]2CCCC[C@]21c1ccccc1. The van der Waals surface area contributed by atoms with Crippen LogP contribution in [0.1, 0.15) is 31.2 Å². The van der Waals surface area contributed by atoms with E-state index in [2.05, 4.69) is 40.5 Å². The molecule has 2 atom stereocenters. The minimum atomic E-state index is -0.246. The van der Waals surface area contributed by atoms with E-state index >= 15 is 0 Å². The molecular weight excluding hydrogens is 290 g/mol. The van der Waals surface area contributed by atoms with Crippen molar-refractivity contribution < 1.29 is 9.59 Å². The van der Waals surface area contributed by atoms with Crippen LogP contribution in [0.4, 0.5) is 4.79 Å². The van der Waals surface area contributed by atoms with E-state index in [9.17, 15) is 9.59 Å². The summed E-state index contributed by atoms with van der Waals surface area (Å²) in [5, 5.41) is 2.60. The fraction of sp³-hybridized carbons (Fsp3) is 0.556. The highest BCUT2D eigenvalue weighted by Crippen LogP contribution is 2.53. The van der Waals surface area contributed by atoms with E-state index in [0.717, 1.165) is 13.1 Å². The number of carbonyl (C=O) groups is 2. The van der Waals surface area contributed by atoms with Crippen molar-refractivity contribution >= 4 is 11.9 Å². The van der Waals surface area contributed by atoms with Crippen molar-refractivity contribution in [1.82, 2.24) is 15.1 Å². The van der Waals surface area contributed by atoms with Gasteiger partial charge in [0.15, 0.2) is 0 Å². The Kier molecular flexibility index (Phi) is 3.60. The fourth-order valence-corrected chi connectivity index (χ4v) is 4.69. The summed E-state index contributed by atoms with van der Waals surface area (Å²) in [5.74, 6) is 0.603. The van der Waals surface area contributed by atoms with Crippen molar-refractivity contribution in [2.75, 3.05) is 26.2 Å². The van der Waals surface area contributed by atoms with Crippen molar-refractivity contribution in [2.24, 2.45) is 5.92 Å². The minimum Gasteiger partial charge on any atom is -0.329 e. The van der Waals surface area contributed by atoms with Crippen LogP contribution in [-0.4, -0.2) is 47.9 Å². The molecule has 1 saturated carbocycles. The lowest BCUT2D eigenvalue weighted by molar-refractivity contribution is -0.130. The van der Waals surface area contributed by atoms with Gasteiger partial charge in [-0.05, 0) is 24.3 Å². The normalized spacial score (nSPS) is 30.8. The van der Waals surface area contributed by atoms with Gasteiger partial charge in [0.05, 0.1) is 12.1 Å². The van der Waals surface area contributed by atoms with E-state index in [1.54, 1.807) is 0 Å². The van der Waals surface area contributed by atoms with Gasteiger partial charge in [-0.15, -0.1) is 0 Å². The van der Waals surface area contributed by atoms with Crippen LogP contribution >= 0.6 is 0 Å². The van der Waals surface area contributed by atoms with Gasteiger partial charge in [0, 0.05) is 19.6 Å². The second-order valence-corrected chi connectivity index (χ2v) is 6.88. The molecule has 1 aromatic carbocycles. The number of fused-ring (bicyclic) bond motifs is 1. The highest BCUT2D eigenvalue weighted by Gasteiger charge is 2.54. The molecule has 1 aliphatic carbocycles. The average molecular weight is 313 g/mol. The first-order chi connectivity index (χ1) is 11.2. The van der Waals surface area contributed by atoms with Crippen LogP contribution in [0.2, 0.25) is 0 Å². The lowest BCUT2D eigenvalue weighted by Gasteiger charge is -2.62. The largest absolute Gasteiger partial charge is 0.329 e. The fourth-order valence-electron chi connectivity index (χ4n) is 4.69. The highest BCUT2D eigenvalue weighted by molar-refractivity contribution is 6.01. The maximum absolute atomic E-state index is 11.8. The first-order valence-electron chi connectivity index (χ1n) is 8.60. The van der Waals surface area contributed by atoms with Crippen LogP contribution in [0, 0.1) is 5.92 Å². The Morgan fingerprint density at radius 2 is 1.96 bits per heavy atom. The summed E-state index contributed by atoms with van der Waals surface area (Å²) in [7, 11) is 0. The zero-order valence-electron chi connectivity index (χ0n) is 13.3. The number of likely N-dealkylation sites (tertiary alicyclic amines) is 1. The number of nitrogens with zero attached hydrogens (tertiary/aromatic N) is 2. The average Bonchev–Trinajstić information content (AvgIpc) is 2.88. The number of benzene rings is 1. The van der Waals surface area contributed by atoms with Crippen LogP contribution in [-0.2, 0) is 10.3 Å². The van der Waals surface area contributed by atoms with Crippen molar-refractivity contribution in [3.63, 3.8) is 0 Å². The van der Waals surface area contributed by atoms with Gasteiger partial charge in [-0.25, -0.2) is 4.79 Å². The number of carbonyl (C=O) groups excluding carboxylic acids is 2. The third-order valence-corrected chi connectivity index (χ3v) is 5.85. The molecule has 0 bridgehead atoms. The monoisotopic (exact) mass is 313 g/mol. The van der Waals surface area contributed by atoms with Gasteiger partial charge >= 0.3 is 6.03 Å². The number of hydrogen-bond acceptors (Lipinski definition) is 3. The number of imide groups is 1. The van der Waals surface area contributed by atoms with E-state index in [1.807, 2.05) is 0 Å². The Morgan fingerprint density at radius 3 is 2.65 bits per heavy atom. The predicted molar refractivity (Wildman–Crippen MR) is 86.8 cm³/mol. The maximum Gasteiger partial charge on any atom is 0.324 e. The molecule has 5 nitrogen and oxygen atoms in total. The minimum absolute atomic E-state index is 0.107. The quantitative estimate of drug-likeness (QED) is 0.864. The molecule has 122 valence electrons. The van der Waals surface area contributed by atoms with Gasteiger partial charge in [0.25, 0.3) is 0 Å². The molecule has 0 radical (unpaired) electrons. The highest BCUT2D eigenvalue weighted by atomic mass is 16.2. The van der Waals surface area contributed by atoms with E-state index in [1.165, 1.54) is 36.1 Å². The second kappa shape index (κ2) is 5.64. The first-order valence-corrected chi connectivity index (χ1v) is 8.60. The summed E-state index contributed by atoms with van der Waals surface area (Å²) in [6.07, 6.45) is 5.04. The van der Waals surface area contributed by atoms with Crippen molar-refractivity contribution in [2.45, 2.75) is 31.2 Å². The molecule has 0 aromatic heterocycles. The van der Waals surface area contributed by atoms with Crippen LogP contribution in [0.5, 0.6) is 0 Å². The number of rotatable bonds is 4. The molecule has 1 N–H and O–H groups in total. The Balaban J connectivity index is 1.52. The standard InChI is InChI=1S/C18H23N3O2/c22-16-12-19-17(23)21(16)11-10-20-13-15-8-4-5-9-18(15,20)14-6-2-1-3-7-14/h1-3,6-7,15H,4-5,8-13H2,(H,19,23)/t15-,18+/m1/s1. The molecule has 2 heterocycles. The van der Waals surface area contributed by atoms with E-state index in [0.29, 0.717) is 12.5 Å². The summed E-state index contributed by atoms with van der Waals surface area (Å²) in [5.41, 5.74) is 1.52. The number of nitrogens with one attached hydrogen (secondary N) is 1. The van der Waals surface area contributed by atoms with Crippen molar-refractivity contribution in [3.8, 4) is 0 Å². The summed E-state index contributed by atoms with van der Waals surface area (Å²) in [4.78, 5) is 27.3. The second-order valence-electron chi connectivity index (χ2n) is 6.88. The maximum atomic E-state index is 11.8. The Morgan fingerprint density at radius 1 is 1.13 bits per heavy atom. The van der Waals surface area contributed by atoms with Crippen molar-refractivity contribution in [3.05, 3.63) is 35.9 Å². The Bertz CT molecular complexity index is 602. The smallest absolute Gasteiger partial charge is 0.324 e. The summed E-state index contributed by atoms with van der Waals surface area (Å²) < 4.78 is 0. The summed E-state index contributed by atoms with van der Waals surface area (Å²) >= 11 is 0. The molecule has 2 aliphatic heterocycles. The Labute approximate surface area is 136 Å². The molecule has 4 rings (SSSR count). The number of hydrogen-bond donors (Lipinski definition) is 1. The van der Waals surface area contributed by atoms with Crippen molar-refractivity contribution in [1.29, 1.82) is 0 Å². The molecule has 0 unspecified atom stereocenters. The lowest BCUT2D eigenvalue weighted by atomic mass is 9.62. The molecule has 5 heteroatoms. The molecule has 0 spiro atoms. The first kappa shape index (κ1) is 14.7. The van der Waals surface area contributed by atoms with Crippen LogP contribution in [0.15, 0.2) is 30.3 Å². The zero-order chi connectivity index (χ0) is 15.9. The third-order valence-electron chi connectivity index (χ3n) is 5.85. The molecular formula is C18H23N3O2. The number of amides is 3. The van der Waals surface area contributed by atoms with E-state index in [-0.39, 0.29) is 24.0 Å². The molecule has 3 aliphatic rings. The third kappa shape index (κ3) is 2.26. The topological polar surface area (TPSA) is 52.7 Å². The summed E-state index contributed by atoms with van der Waals surface area (Å²) in [6.45, 7) is 2.49. The van der Waals surface area contributed by atoms with Gasteiger partial charge in [0.2, 0.25) is 5.91 Å². The molecule has 2 saturated heterocycles. The van der Waals surface area contributed by atoms with E-state index in [4.69, 9.17) is 0 Å². The molecule has 1 aromatic rings. The van der Waals surface area contributed by atoms with Gasteiger partial charge in [0.1, 0.15) is 0 Å². The van der Waals surface area contributed by atoms with Gasteiger partial charge in [-0.2, -0.15) is 0 Å².